The smallest absolute Gasteiger partial charge is 0.293 e. The molecular formula is C10H9NO2. The monoisotopic (exact) mass is 175 g/mol. The van der Waals surface area contributed by atoms with Gasteiger partial charge in [-0.15, -0.1) is 0 Å². The lowest BCUT2D eigenvalue weighted by molar-refractivity contribution is -0.112. The van der Waals surface area contributed by atoms with Crippen molar-refractivity contribution in [2.45, 2.75) is 6.92 Å². The van der Waals surface area contributed by atoms with E-state index in [1.54, 1.807) is 19.1 Å². The number of benzene rings is 1. The molecule has 0 spiro atoms. The second-order valence-corrected chi connectivity index (χ2v) is 2.61. The second kappa shape index (κ2) is 3.63. The maximum atomic E-state index is 10.4. The first-order valence-electron chi connectivity index (χ1n) is 3.70. The first-order valence-corrected chi connectivity index (χ1v) is 3.70. The zero-order valence-electron chi connectivity index (χ0n) is 7.16. The molecule has 0 bridgehead atoms. The highest BCUT2D eigenvalue weighted by Gasteiger charge is 1.95. The van der Waals surface area contributed by atoms with Crippen LogP contribution < -0.4 is 5.73 Å². The van der Waals surface area contributed by atoms with Crippen molar-refractivity contribution in [2.75, 3.05) is 0 Å². The molecule has 0 aliphatic carbocycles. The van der Waals surface area contributed by atoms with E-state index in [1.807, 2.05) is 0 Å². The van der Waals surface area contributed by atoms with Gasteiger partial charge in [0.1, 0.15) is 5.75 Å². The van der Waals surface area contributed by atoms with Crippen LogP contribution in [0.25, 0.3) is 0 Å². The van der Waals surface area contributed by atoms with Crippen molar-refractivity contribution in [3.05, 3.63) is 29.3 Å². The zero-order chi connectivity index (χ0) is 9.84. The number of nitrogens with two attached hydrogens (primary N) is 1. The van der Waals surface area contributed by atoms with Gasteiger partial charge in [-0.25, -0.2) is 0 Å². The van der Waals surface area contributed by atoms with E-state index in [4.69, 9.17) is 10.8 Å². The molecule has 0 saturated heterocycles. The number of carbonyl (C=O) groups is 1. The number of hydrogen-bond donors (Lipinski definition) is 2. The lowest BCUT2D eigenvalue weighted by Gasteiger charge is -1.97. The van der Waals surface area contributed by atoms with Crippen molar-refractivity contribution < 1.29 is 9.90 Å². The third kappa shape index (κ3) is 2.53. The molecular weight excluding hydrogens is 166 g/mol. The number of primary amides is 1. The highest BCUT2D eigenvalue weighted by Crippen LogP contribution is 2.14. The first-order chi connectivity index (χ1) is 6.09. The number of aryl methyl sites for hydroxylation is 1. The predicted molar refractivity (Wildman–Crippen MR) is 48.9 cm³/mol. The molecule has 0 fully saturated rings. The Hall–Kier alpha value is -1.95. The number of hydrogen-bond acceptors (Lipinski definition) is 2. The van der Waals surface area contributed by atoms with Gasteiger partial charge in [0, 0.05) is 5.56 Å². The first kappa shape index (κ1) is 9.14. The number of rotatable bonds is 0. The van der Waals surface area contributed by atoms with Crippen LogP contribution >= 0.6 is 0 Å². The van der Waals surface area contributed by atoms with Crippen LogP contribution in [-0.2, 0) is 4.79 Å². The van der Waals surface area contributed by atoms with Gasteiger partial charge in [0.25, 0.3) is 5.91 Å². The molecule has 13 heavy (non-hydrogen) atoms. The molecule has 1 rings (SSSR count). The second-order valence-electron chi connectivity index (χ2n) is 2.61. The van der Waals surface area contributed by atoms with Gasteiger partial charge in [0.2, 0.25) is 0 Å². The molecule has 3 heteroatoms. The van der Waals surface area contributed by atoms with Gasteiger partial charge in [-0.1, -0.05) is 5.92 Å². The van der Waals surface area contributed by atoms with Gasteiger partial charge < -0.3 is 10.8 Å². The third-order valence-electron chi connectivity index (χ3n) is 1.53. The lowest BCUT2D eigenvalue weighted by atomic mass is 10.1. The van der Waals surface area contributed by atoms with E-state index in [-0.39, 0.29) is 5.75 Å². The SMILES string of the molecule is Cc1cc(O)ccc1C#CC(N)=O. The number of aromatic hydroxyl groups is 1. The van der Waals surface area contributed by atoms with Gasteiger partial charge in [-0.05, 0) is 36.6 Å². The highest BCUT2D eigenvalue weighted by atomic mass is 16.3. The molecule has 1 aromatic rings. The van der Waals surface area contributed by atoms with Gasteiger partial charge in [0.15, 0.2) is 0 Å². The average Bonchev–Trinajstić information content (AvgIpc) is 2.02. The number of phenols is 1. The zero-order valence-corrected chi connectivity index (χ0v) is 7.16. The minimum atomic E-state index is -0.660. The summed E-state index contributed by atoms with van der Waals surface area (Å²) >= 11 is 0. The van der Waals surface area contributed by atoms with Crippen LogP contribution in [0.15, 0.2) is 18.2 Å². The molecule has 66 valence electrons. The molecule has 0 saturated carbocycles. The molecule has 3 N–H and O–H groups in total. The minimum Gasteiger partial charge on any atom is -0.508 e. The van der Waals surface area contributed by atoms with Gasteiger partial charge in [-0.3, -0.25) is 4.79 Å². The van der Waals surface area contributed by atoms with E-state index in [9.17, 15) is 4.79 Å². The molecule has 0 heterocycles. The van der Waals surface area contributed by atoms with Crippen molar-refractivity contribution in [2.24, 2.45) is 5.73 Å². The van der Waals surface area contributed by atoms with Gasteiger partial charge in [-0.2, -0.15) is 0 Å². The van der Waals surface area contributed by atoms with Crippen molar-refractivity contribution >= 4 is 5.91 Å². The summed E-state index contributed by atoms with van der Waals surface area (Å²) < 4.78 is 0. The van der Waals surface area contributed by atoms with E-state index in [2.05, 4.69) is 11.8 Å². The summed E-state index contributed by atoms with van der Waals surface area (Å²) in [6.45, 7) is 1.80. The summed E-state index contributed by atoms with van der Waals surface area (Å²) in [7, 11) is 0. The maximum Gasteiger partial charge on any atom is 0.293 e. The average molecular weight is 175 g/mol. The summed E-state index contributed by atoms with van der Waals surface area (Å²) in [5.41, 5.74) is 6.36. The number of phenolic OH excluding ortho intramolecular Hbond substituents is 1. The van der Waals surface area contributed by atoms with E-state index in [0.717, 1.165) is 5.56 Å². The molecule has 0 radical (unpaired) electrons. The fraction of sp³-hybridized carbons (Fsp3) is 0.100. The van der Waals surface area contributed by atoms with Crippen molar-refractivity contribution in [3.63, 3.8) is 0 Å². The fourth-order valence-electron chi connectivity index (χ4n) is 0.917. The molecule has 1 amide bonds. The molecule has 3 nitrogen and oxygen atoms in total. The van der Waals surface area contributed by atoms with E-state index in [0.29, 0.717) is 5.56 Å². The van der Waals surface area contributed by atoms with E-state index in [1.165, 1.54) is 6.07 Å². The Morgan fingerprint density at radius 3 is 2.77 bits per heavy atom. The highest BCUT2D eigenvalue weighted by molar-refractivity contribution is 5.92. The van der Waals surface area contributed by atoms with Crippen LogP contribution in [-0.4, -0.2) is 11.0 Å². The summed E-state index contributed by atoms with van der Waals surface area (Å²) in [5, 5.41) is 9.08. The Labute approximate surface area is 76.2 Å². The Kier molecular flexibility index (Phi) is 2.56. The molecule has 0 aliphatic heterocycles. The molecule has 0 aliphatic rings. The van der Waals surface area contributed by atoms with Crippen molar-refractivity contribution in [1.29, 1.82) is 0 Å². The van der Waals surface area contributed by atoms with E-state index >= 15 is 0 Å². The summed E-state index contributed by atoms with van der Waals surface area (Å²) in [6.07, 6.45) is 0. The Balaban J connectivity index is 3.05. The molecule has 0 aromatic heterocycles. The molecule has 1 aromatic carbocycles. The standard InChI is InChI=1S/C10H9NO2/c1-7-6-9(12)4-2-8(7)3-5-10(11)13/h2,4,6,12H,1H3,(H2,11,13). The Morgan fingerprint density at radius 1 is 1.54 bits per heavy atom. The summed E-state index contributed by atoms with van der Waals surface area (Å²) in [4.78, 5) is 10.4. The summed E-state index contributed by atoms with van der Waals surface area (Å²) in [6, 6.07) is 4.73. The van der Waals surface area contributed by atoms with Gasteiger partial charge >= 0.3 is 0 Å². The number of carbonyl (C=O) groups excluding carboxylic acids is 1. The summed E-state index contributed by atoms with van der Waals surface area (Å²) in [5.74, 6) is 4.36. The topological polar surface area (TPSA) is 63.3 Å². The lowest BCUT2D eigenvalue weighted by Crippen LogP contribution is -2.06. The van der Waals surface area contributed by atoms with Gasteiger partial charge in [0.05, 0.1) is 0 Å². The van der Waals surface area contributed by atoms with Crippen molar-refractivity contribution in [3.8, 4) is 17.6 Å². The van der Waals surface area contributed by atoms with Crippen LogP contribution in [0.5, 0.6) is 5.75 Å². The Bertz CT molecular complexity index is 399. The minimum absolute atomic E-state index is 0.183. The third-order valence-corrected chi connectivity index (χ3v) is 1.53. The largest absolute Gasteiger partial charge is 0.508 e. The fourth-order valence-corrected chi connectivity index (χ4v) is 0.917. The van der Waals surface area contributed by atoms with Crippen LogP contribution in [0.2, 0.25) is 0 Å². The predicted octanol–water partition coefficient (Wildman–Crippen LogP) is 0.537. The van der Waals surface area contributed by atoms with Crippen LogP contribution in [0.1, 0.15) is 11.1 Å². The Morgan fingerprint density at radius 2 is 2.23 bits per heavy atom. The van der Waals surface area contributed by atoms with Crippen LogP contribution in [0.4, 0.5) is 0 Å². The normalized spacial score (nSPS) is 8.69. The van der Waals surface area contributed by atoms with Crippen molar-refractivity contribution in [1.82, 2.24) is 0 Å². The maximum absolute atomic E-state index is 10.4. The van der Waals surface area contributed by atoms with Crippen LogP contribution in [0, 0.1) is 18.8 Å². The molecule has 0 unspecified atom stereocenters. The molecule has 0 atom stereocenters. The van der Waals surface area contributed by atoms with E-state index < -0.39 is 5.91 Å². The quantitative estimate of drug-likeness (QED) is 0.565. The van der Waals surface area contributed by atoms with Crippen LogP contribution in [0.3, 0.4) is 0 Å². The number of amides is 1.